The highest BCUT2D eigenvalue weighted by Crippen LogP contribution is 2.42. The number of halogens is 3. The van der Waals surface area contributed by atoms with Crippen LogP contribution < -0.4 is 0 Å². The second kappa shape index (κ2) is 7.26. The molecule has 3 aromatic rings. The van der Waals surface area contributed by atoms with Gasteiger partial charge in [0.25, 0.3) is 0 Å². The fraction of sp³-hybridized carbons (Fsp3) is 0.250. The van der Waals surface area contributed by atoms with Crippen LogP contribution in [0.15, 0.2) is 57.5 Å². The predicted molar refractivity (Wildman–Crippen MR) is 111 cm³/mol. The van der Waals surface area contributed by atoms with Crippen molar-refractivity contribution < 1.29 is 0 Å². The Morgan fingerprint density at radius 1 is 0.920 bits per heavy atom. The lowest BCUT2D eigenvalue weighted by Crippen LogP contribution is -2.08. The minimum absolute atomic E-state index is 0.424. The summed E-state index contributed by atoms with van der Waals surface area (Å²) in [6.07, 6.45) is 4.84. The van der Waals surface area contributed by atoms with Crippen molar-refractivity contribution >= 4 is 43.5 Å². The van der Waals surface area contributed by atoms with E-state index in [2.05, 4.69) is 60.8 Å². The molecule has 4 rings (SSSR count). The van der Waals surface area contributed by atoms with Gasteiger partial charge in [-0.3, -0.25) is 4.68 Å². The summed E-state index contributed by atoms with van der Waals surface area (Å²) in [6.45, 7) is 0. The lowest BCUT2D eigenvalue weighted by Gasteiger charge is -2.14. The molecule has 0 spiro atoms. The van der Waals surface area contributed by atoms with Gasteiger partial charge >= 0.3 is 0 Å². The molecule has 1 aliphatic carbocycles. The Morgan fingerprint density at radius 2 is 1.52 bits per heavy atom. The Labute approximate surface area is 169 Å². The van der Waals surface area contributed by atoms with Crippen molar-refractivity contribution in [3.63, 3.8) is 0 Å². The van der Waals surface area contributed by atoms with Crippen LogP contribution in [0, 0.1) is 0 Å². The summed E-state index contributed by atoms with van der Waals surface area (Å²) in [5.41, 5.74) is 4.00. The van der Waals surface area contributed by atoms with E-state index in [1.807, 2.05) is 24.3 Å². The predicted octanol–water partition coefficient (Wildman–Crippen LogP) is 7.51. The van der Waals surface area contributed by atoms with Crippen molar-refractivity contribution in [1.29, 1.82) is 0 Å². The van der Waals surface area contributed by atoms with Crippen LogP contribution in [-0.4, -0.2) is 9.78 Å². The van der Waals surface area contributed by atoms with E-state index in [9.17, 15) is 0 Å². The van der Waals surface area contributed by atoms with E-state index in [-0.39, 0.29) is 0 Å². The first-order valence-electron chi connectivity index (χ1n) is 8.43. The molecule has 0 saturated heterocycles. The van der Waals surface area contributed by atoms with Gasteiger partial charge in [0.1, 0.15) is 5.69 Å². The quantitative estimate of drug-likeness (QED) is 0.379. The zero-order chi connectivity index (χ0) is 17.4. The van der Waals surface area contributed by atoms with Crippen molar-refractivity contribution in [2.75, 3.05) is 0 Å². The molecule has 0 radical (unpaired) electrons. The number of benzene rings is 2. The molecule has 128 valence electrons. The van der Waals surface area contributed by atoms with Crippen LogP contribution >= 0.6 is 43.5 Å². The average molecular weight is 481 g/mol. The maximum absolute atomic E-state index is 6.87. The molecule has 1 aliphatic rings. The highest BCUT2D eigenvalue weighted by Gasteiger charge is 2.26. The second-order valence-corrected chi connectivity index (χ2v) is 8.62. The molecule has 5 heteroatoms. The summed E-state index contributed by atoms with van der Waals surface area (Å²) >= 11 is 14.0. The largest absolute Gasteiger partial charge is 0.260 e. The number of hydrogen-bond acceptors (Lipinski definition) is 1. The highest BCUT2D eigenvalue weighted by molar-refractivity contribution is 9.10. The van der Waals surface area contributed by atoms with E-state index < -0.39 is 0 Å². The standard InChI is InChI=1S/C20H17Br2ClN2/c21-15-7-3-5-13(11-15)19-18(23)20(14-6-4-8-16(22)12-14)25(24-19)17-9-1-2-10-17/h3-8,11-12,17H,1-2,9-10H2. The number of aromatic nitrogens is 2. The summed E-state index contributed by atoms with van der Waals surface area (Å²) in [7, 11) is 0. The van der Waals surface area contributed by atoms with Gasteiger partial charge in [-0.1, -0.05) is 80.6 Å². The van der Waals surface area contributed by atoms with Crippen LogP contribution in [0.1, 0.15) is 31.7 Å². The lowest BCUT2D eigenvalue weighted by molar-refractivity contribution is 0.473. The molecule has 1 aromatic heterocycles. The van der Waals surface area contributed by atoms with Crippen LogP contribution in [0.3, 0.4) is 0 Å². The Hall–Kier alpha value is -1.10. The minimum Gasteiger partial charge on any atom is -0.260 e. The summed E-state index contributed by atoms with van der Waals surface area (Å²) in [6, 6.07) is 16.9. The molecule has 0 atom stereocenters. The normalized spacial score (nSPS) is 15.0. The SMILES string of the molecule is Clc1c(-c2cccc(Br)c2)nn(C2CCCC2)c1-c1cccc(Br)c1. The molecule has 0 bridgehead atoms. The summed E-state index contributed by atoms with van der Waals surface area (Å²) in [5, 5.41) is 5.68. The first-order valence-corrected chi connectivity index (χ1v) is 10.4. The number of nitrogens with zero attached hydrogens (tertiary/aromatic N) is 2. The molecule has 1 fully saturated rings. The molecular formula is C20H17Br2ClN2. The average Bonchev–Trinajstić information content (AvgIpc) is 3.22. The first kappa shape index (κ1) is 17.3. The third-order valence-electron chi connectivity index (χ3n) is 4.72. The Balaban J connectivity index is 1.91. The highest BCUT2D eigenvalue weighted by atomic mass is 79.9. The maximum Gasteiger partial charge on any atom is 0.112 e. The van der Waals surface area contributed by atoms with Gasteiger partial charge in [-0.25, -0.2) is 0 Å². The van der Waals surface area contributed by atoms with E-state index in [1.54, 1.807) is 0 Å². The molecule has 0 unspecified atom stereocenters. The third kappa shape index (κ3) is 3.44. The van der Waals surface area contributed by atoms with Crippen molar-refractivity contribution in [3.8, 4) is 22.5 Å². The molecule has 0 amide bonds. The molecule has 25 heavy (non-hydrogen) atoms. The van der Waals surface area contributed by atoms with Crippen LogP contribution in [-0.2, 0) is 0 Å². The Bertz CT molecular complexity index is 914. The van der Waals surface area contributed by atoms with E-state index in [0.717, 1.165) is 49.3 Å². The van der Waals surface area contributed by atoms with Crippen molar-refractivity contribution in [2.24, 2.45) is 0 Å². The molecule has 1 saturated carbocycles. The summed E-state index contributed by atoms with van der Waals surface area (Å²) < 4.78 is 4.23. The fourth-order valence-electron chi connectivity index (χ4n) is 3.54. The van der Waals surface area contributed by atoms with E-state index in [4.69, 9.17) is 16.7 Å². The number of hydrogen-bond donors (Lipinski definition) is 0. The smallest absolute Gasteiger partial charge is 0.112 e. The zero-order valence-electron chi connectivity index (χ0n) is 13.6. The molecule has 2 nitrogen and oxygen atoms in total. The van der Waals surface area contributed by atoms with Gasteiger partial charge < -0.3 is 0 Å². The van der Waals surface area contributed by atoms with Gasteiger partial charge in [0.05, 0.1) is 16.8 Å². The molecule has 0 aliphatic heterocycles. The summed E-state index contributed by atoms with van der Waals surface area (Å²) in [5.74, 6) is 0. The minimum atomic E-state index is 0.424. The fourth-order valence-corrected chi connectivity index (χ4v) is 4.68. The van der Waals surface area contributed by atoms with Crippen molar-refractivity contribution in [1.82, 2.24) is 9.78 Å². The monoisotopic (exact) mass is 478 g/mol. The van der Waals surface area contributed by atoms with Gasteiger partial charge in [0.15, 0.2) is 0 Å². The molecular weight excluding hydrogens is 463 g/mol. The second-order valence-electron chi connectivity index (χ2n) is 6.41. The molecule has 0 N–H and O–H groups in total. The van der Waals surface area contributed by atoms with Crippen molar-refractivity contribution in [3.05, 3.63) is 62.5 Å². The lowest BCUT2D eigenvalue weighted by atomic mass is 10.1. The zero-order valence-corrected chi connectivity index (χ0v) is 17.5. The van der Waals surface area contributed by atoms with Crippen LogP contribution in [0.2, 0.25) is 5.02 Å². The van der Waals surface area contributed by atoms with Crippen LogP contribution in [0.4, 0.5) is 0 Å². The Kier molecular flexibility index (Phi) is 5.03. The van der Waals surface area contributed by atoms with E-state index in [0.29, 0.717) is 6.04 Å². The molecule has 1 heterocycles. The topological polar surface area (TPSA) is 17.8 Å². The number of rotatable bonds is 3. The third-order valence-corrected chi connectivity index (χ3v) is 6.06. The Morgan fingerprint density at radius 3 is 2.16 bits per heavy atom. The van der Waals surface area contributed by atoms with Crippen molar-refractivity contribution in [2.45, 2.75) is 31.7 Å². The van der Waals surface area contributed by atoms with E-state index in [1.165, 1.54) is 12.8 Å². The van der Waals surface area contributed by atoms with Crippen LogP contribution in [0.5, 0.6) is 0 Å². The van der Waals surface area contributed by atoms with Gasteiger partial charge in [0.2, 0.25) is 0 Å². The van der Waals surface area contributed by atoms with Gasteiger partial charge in [0, 0.05) is 20.1 Å². The van der Waals surface area contributed by atoms with Gasteiger partial charge in [-0.2, -0.15) is 5.10 Å². The molecule has 2 aromatic carbocycles. The van der Waals surface area contributed by atoms with Crippen LogP contribution in [0.25, 0.3) is 22.5 Å². The first-order chi connectivity index (χ1) is 12.1. The van der Waals surface area contributed by atoms with Gasteiger partial charge in [-0.15, -0.1) is 0 Å². The van der Waals surface area contributed by atoms with Gasteiger partial charge in [-0.05, 0) is 37.1 Å². The maximum atomic E-state index is 6.87. The van der Waals surface area contributed by atoms with E-state index >= 15 is 0 Å². The summed E-state index contributed by atoms with van der Waals surface area (Å²) in [4.78, 5) is 0.